The Kier molecular flexibility index (Phi) is 2.25. The Balaban J connectivity index is 2.14. The molecule has 1 heterocycles. The van der Waals surface area contributed by atoms with Crippen LogP contribution >= 0.6 is 0 Å². The number of hydrogen-bond donors (Lipinski definition) is 2. The monoisotopic (exact) mass is 195 g/mol. The fourth-order valence-corrected chi connectivity index (χ4v) is 1.43. The summed E-state index contributed by atoms with van der Waals surface area (Å²) < 4.78 is 1.70. The molecule has 5 nitrogen and oxygen atoms in total. The highest BCUT2D eigenvalue weighted by Crippen LogP contribution is 2.31. The maximum Gasteiger partial charge on any atom is 0.326 e. The second kappa shape index (κ2) is 3.42. The number of rotatable bonds is 4. The van der Waals surface area contributed by atoms with Gasteiger partial charge in [0.2, 0.25) is 0 Å². The van der Waals surface area contributed by atoms with Gasteiger partial charge in [-0.3, -0.25) is 9.48 Å². The fourth-order valence-electron chi connectivity index (χ4n) is 1.43. The van der Waals surface area contributed by atoms with Crippen molar-refractivity contribution in [1.29, 1.82) is 0 Å². The molecule has 1 unspecified atom stereocenters. The number of hydrogen-bond acceptors (Lipinski definition) is 3. The predicted molar refractivity (Wildman–Crippen MR) is 49.5 cm³/mol. The maximum absolute atomic E-state index is 10.7. The Hall–Kier alpha value is -1.36. The van der Waals surface area contributed by atoms with Crippen molar-refractivity contribution in [2.45, 2.75) is 25.4 Å². The molecule has 1 aliphatic carbocycles. The number of carboxylic acids is 1. The van der Waals surface area contributed by atoms with Gasteiger partial charge in [0.05, 0.1) is 5.69 Å². The highest BCUT2D eigenvalue weighted by atomic mass is 16.4. The number of carboxylic acid groups (broad SMARTS) is 1. The van der Waals surface area contributed by atoms with Crippen LogP contribution in [-0.2, 0) is 11.3 Å². The molecule has 0 saturated heterocycles. The average molecular weight is 195 g/mol. The van der Waals surface area contributed by atoms with Gasteiger partial charge in [0, 0.05) is 12.7 Å². The third kappa shape index (κ3) is 1.77. The molecule has 0 radical (unpaired) electrons. The van der Waals surface area contributed by atoms with Crippen LogP contribution in [0.3, 0.4) is 0 Å². The van der Waals surface area contributed by atoms with Crippen LogP contribution in [0.2, 0.25) is 0 Å². The van der Waals surface area contributed by atoms with E-state index in [1.54, 1.807) is 16.9 Å². The van der Waals surface area contributed by atoms with E-state index in [9.17, 15) is 4.79 Å². The topological polar surface area (TPSA) is 81.1 Å². The minimum Gasteiger partial charge on any atom is -0.480 e. The van der Waals surface area contributed by atoms with Crippen LogP contribution in [0.5, 0.6) is 0 Å². The van der Waals surface area contributed by atoms with Gasteiger partial charge >= 0.3 is 5.97 Å². The van der Waals surface area contributed by atoms with Crippen molar-refractivity contribution in [3.05, 3.63) is 18.0 Å². The van der Waals surface area contributed by atoms with Gasteiger partial charge in [-0.2, -0.15) is 5.10 Å². The number of aliphatic carboxylic acids is 1. The lowest BCUT2D eigenvalue weighted by Gasteiger charge is -2.09. The van der Waals surface area contributed by atoms with Crippen molar-refractivity contribution < 1.29 is 9.90 Å². The van der Waals surface area contributed by atoms with Gasteiger partial charge in [0.15, 0.2) is 0 Å². The molecule has 0 aliphatic heterocycles. The molecule has 2 rings (SSSR count). The molecule has 1 aromatic rings. The normalized spacial score (nSPS) is 18.1. The zero-order valence-electron chi connectivity index (χ0n) is 7.76. The summed E-state index contributed by atoms with van der Waals surface area (Å²) in [6.07, 6.45) is 4.02. The van der Waals surface area contributed by atoms with Gasteiger partial charge in [-0.1, -0.05) is 0 Å². The molecule has 5 heteroatoms. The summed E-state index contributed by atoms with van der Waals surface area (Å²) in [6.45, 7) is 0.795. The van der Waals surface area contributed by atoms with Crippen molar-refractivity contribution >= 4 is 5.97 Å². The van der Waals surface area contributed by atoms with E-state index in [4.69, 9.17) is 10.8 Å². The SMILES string of the molecule is NC(C(=O)O)c1ccnn1CC1CC1. The van der Waals surface area contributed by atoms with Crippen LogP contribution in [0.4, 0.5) is 0 Å². The van der Waals surface area contributed by atoms with Crippen molar-refractivity contribution in [2.75, 3.05) is 0 Å². The van der Waals surface area contributed by atoms with Crippen LogP contribution < -0.4 is 5.73 Å². The van der Waals surface area contributed by atoms with Crippen molar-refractivity contribution in [1.82, 2.24) is 9.78 Å². The molecule has 14 heavy (non-hydrogen) atoms. The minimum absolute atomic E-state index is 0.587. The number of aromatic nitrogens is 2. The van der Waals surface area contributed by atoms with E-state index in [0.717, 1.165) is 6.54 Å². The Morgan fingerprint density at radius 3 is 3.07 bits per heavy atom. The molecule has 0 amide bonds. The summed E-state index contributed by atoms with van der Waals surface area (Å²) >= 11 is 0. The first kappa shape index (κ1) is 9.21. The number of carbonyl (C=O) groups is 1. The highest BCUT2D eigenvalue weighted by Gasteiger charge is 2.25. The minimum atomic E-state index is -1.01. The lowest BCUT2D eigenvalue weighted by Crippen LogP contribution is -2.24. The zero-order valence-corrected chi connectivity index (χ0v) is 7.76. The predicted octanol–water partition coefficient (Wildman–Crippen LogP) is 0.377. The molecule has 0 aromatic carbocycles. The molecule has 3 N–H and O–H groups in total. The summed E-state index contributed by atoms with van der Waals surface area (Å²) in [5.41, 5.74) is 6.11. The molecule has 0 spiro atoms. The van der Waals surface area contributed by atoms with E-state index in [2.05, 4.69) is 5.10 Å². The van der Waals surface area contributed by atoms with Gasteiger partial charge in [0.25, 0.3) is 0 Å². The van der Waals surface area contributed by atoms with Gasteiger partial charge in [-0.05, 0) is 24.8 Å². The van der Waals surface area contributed by atoms with Crippen molar-refractivity contribution in [3.8, 4) is 0 Å². The first-order chi connectivity index (χ1) is 6.68. The van der Waals surface area contributed by atoms with E-state index in [1.165, 1.54) is 12.8 Å². The standard InChI is InChI=1S/C9H13N3O2/c10-8(9(13)14)7-3-4-11-12(7)5-6-1-2-6/h3-4,6,8H,1-2,5,10H2,(H,13,14). The number of nitrogens with zero attached hydrogens (tertiary/aromatic N) is 2. The molecule has 1 saturated carbocycles. The van der Waals surface area contributed by atoms with Gasteiger partial charge in [-0.25, -0.2) is 0 Å². The summed E-state index contributed by atoms with van der Waals surface area (Å²) in [5.74, 6) is -0.350. The van der Waals surface area contributed by atoms with Crippen molar-refractivity contribution in [2.24, 2.45) is 11.7 Å². The highest BCUT2D eigenvalue weighted by molar-refractivity contribution is 5.74. The Morgan fingerprint density at radius 2 is 2.50 bits per heavy atom. The molecule has 1 fully saturated rings. The second-order valence-electron chi connectivity index (χ2n) is 3.70. The molecule has 76 valence electrons. The first-order valence-corrected chi connectivity index (χ1v) is 4.68. The van der Waals surface area contributed by atoms with Gasteiger partial charge < -0.3 is 10.8 Å². The Labute approximate surface area is 81.5 Å². The summed E-state index contributed by atoms with van der Waals surface area (Å²) in [6, 6.07) is 0.706. The lowest BCUT2D eigenvalue weighted by atomic mass is 10.2. The summed E-state index contributed by atoms with van der Waals surface area (Å²) in [7, 11) is 0. The summed E-state index contributed by atoms with van der Waals surface area (Å²) in [5, 5.41) is 12.8. The molecule has 0 bridgehead atoms. The molecular formula is C9H13N3O2. The van der Waals surface area contributed by atoms with E-state index >= 15 is 0 Å². The zero-order chi connectivity index (χ0) is 10.1. The van der Waals surface area contributed by atoms with Crippen LogP contribution in [0, 0.1) is 5.92 Å². The third-order valence-electron chi connectivity index (χ3n) is 2.46. The van der Waals surface area contributed by atoms with Crippen LogP contribution in [0.15, 0.2) is 12.3 Å². The third-order valence-corrected chi connectivity index (χ3v) is 2.46. The van der Waals surface area contributed by atoms with Crippen LogP contribution in [-0.4, -0.2) is 20.9 Å². The Bertz CT molecular complexity index is 344. The summed E-state index contributed by atoms with van der Waals surface area (Å²) in [4.78, 5) is 10.7. The van der Waals surface area contributed by atoms with Gasteiger partial charge in [-0.15, -0.1) is 0 Å². The van der Waals surface area contributed by atoms with Crippen LogP contribution in [0.1, 0.15) is 24.6 Å². The fraction of sp³-hybridized carbons (Fsp3) is 0.556. The van der Waals surface area contributed by atoms with E-state index in [1.807, 2.05) is 0 Å². The van der Waals surface area contributed by atoms with Crippen LogP contribution in [0.25, 0.3) is 0 Å². The maximum atomic E-state index is 10.7. The quantitative estimate of drug-likeness (QED) is 0.727. The van der Waals surface area contributed by atoms with E-state index in [-0.39, 0.29) is 0 Å². The van der Waals surface area contributed by atoms with Crippen molar-refractivity contribution in [3.63, 3.8) is 0 Å². The first-order valence-electron chi connectivity index (χ1n) is 4.68. The smallest absolute Gasteiger partial charge is 0.326 e. The largest absolute Gasteiger partial charge is 0.480 e. The lowest BCUT2D eigenvalue weighted by molar-refractivity contribution is -0.138. The van der Waals surface area contributed by atoms with E-state index < -0.39 is 12.0 Å². The second-order valence-corrected chi connectivity index (χ2v) is 3.70. The molecule has 1 aromatic heterocycles. The van der Waals surface area contributed by atoms with E-state index in [0.29, 0.717) is 11.6 Å². The molecular weight excluding hydrogens is 182 g/mol. The van der Waals surface area contributed by atoms with Gasteiger partial charge in [0.1, 0.15) is 6.04 Å². The average Bonchev–Trinajstić information content (AvgIpc) is 2.82. The molecule has 1 atom stereocenters. The Morgan fingerprint density at radius 1 is 1.79 bits per heavy atom. The number of nitrogens with two attached hydrogens (primary N) is 1. The molecule has 1 aliphatic rings.